The van der Waals surface area contributed by atoms with Gasteiger partial charge in [0.25, 0.3) is 11.5 Å². The fraction of sp³-hybridized carbons (Fsp3) is 0.622. The summed E-state index contributed by atoms with van der Waals surface area (Å²) in [4.78, 5) is 27.9. The summed E-state index contributed by atoms with van der Waals surface area (Å²) >= 11 is 0. The van der Waals surface area contributed by atoms with Crippen LogP contribution < -0.4 is 19.5 Å². The van der Waals surface area contributed by atoms with E-state index in [4.69, 9.17) is 14.2 Å². The minimum absolute atomic E-state index is 0.0417. The molecule has 2 fully saturated rings. The molecular weight excluding hydrogens is 682 g/mol. The average Bonchev–Trinajstić information content (AvgIpc) is 3.35. The fourth-order valence-corrected chi connectivity index (χ4v) is 7.44. The van der Waals surface area contributed by atoms with Crippen molar-refractivity contribution in [3.63, 3.8) is 0 Å². The molecule has 0 bridgehead atoms. The minimum Gasteiger partial charge on any atom is -0.493 e. The number of carbonyl (C=O) groups is 2. The molecule has 282 valence electrons. The number of fused-ring (bicyclic) bond motifs is 1. The molecule has 0 aromatic heterocycles. The first-order chi connectivity index (χ1) is 24.2. The second kappa shape index (κ2) is 15.5. The van der Waals surface area contributed by atoms with Gasteiger partial charge in [-0.25, -0.2) is 4.79 Å². The van der Waals surface area contributed by atoms with Gasteiger partial charge < -0.3 is 24.6 Å². The molecular formula is C37H46F6N2O6. The third-order valence-corrected chi connectivity index (χ3v) is 10.3. The van der Waals surface area contributed by atoms with Crippen molar-refractivity contribution < 1.29 is 55.2 Å². The van der Waals surface area contributed by atoms with Crippen molar-refractivity contribution in [2.24, 2.45) is 5.92 Å². The van der Waals surface area contributed by atoms with Crippen LogP contribution in [0.4, 0.5) is 31.1 Å². The Bertz CT molecular complexity index is 1540. The van der Waals surface area contributed by atoms with Crippen LogP contribution in [0, 0.1) is 5.92 Å². The summed E-state index contributed by atoms with van der Waals surface area (Å²) in [5, 5.41) is 13.1. The Hall–Kier alpha value is -3.68. The molecule has 51 heavy (non-hydrogen) atoms. The van der Waals surface area contributed by atoms with E-state index in [1.807, 2.05) is 0 Å². The number of carbonyl (C=O) groups excluding carboxylic acids is 2. The maximum Gasteiger partial charge on any atom is 0.430 e. The zero-order valence-electron chi connectivity index (χ0n) is 29.0. The number of unbranched alkanes of at least 4 members (excludes halogenated alkanes) is 1. The summed E-state index contributed by atoms with van der Waals surface area (Å²) in [5.74, 6) is 1.13. The normalized spacial score (nSPS) is 20.1. The van der Waals surface area contributed by atoms with Crippen molar-refractivity contribution in [1.29, 1.82) is 0 Å². The van der Waals surface area contributed by atoms with Crippen molar-refractivity contribution >= 4 is 11.9 Å². The quantitative estimate of drug-likeness (QED) is 0.116. The maximum atomic E-state index is 13.9. The van der Waals surface area contributed by atoms with Gasteiger partial charge in [0.15, 0.2) is 11.5 Å². The van der Waals surface area contributed by atoms with E-state index < -0.39 is 41.0 Å². The standard InChI is InChI=1S/C37H46F6N2O6/c1-3-10-25-21-28(35(48,36(38,39)40)37(41,42)43)22-26(14-13-24-11-6-5-7-12-24)31(25)51-18-9-8-17-45-32(46)34(4-2,44-33(45)47)27-15-16-29-30(23-27)50-20-19-49-29/h15-16,21-24,48H,3-14,17-20H2,1-2H3,(H,44,47). The van der Waals surface area contributed by atoms with Crippen LogP contribution in [-0.4, -0.2) is 60.7 Å². The number of benzene rings is 2. The molecule has 3 aliphatic rings. The van der Waals surface area contributed by atoms with Crippen molar-refractivity contribution in [2.75, 3.05) is 26.4 Å². The maximum absolute atomic E-state index is 13.9. The Morgan fingerprint density at radius 2 is 1.55 bits per heavy atom. The molecule has 3 amide bonds. The number of aryl methyl sites for hydroxylation is 2. The molecule has 1 atom stereocenters. The molecule has 1 aliphatic carbocycles. The Balaban J connectivity index is 1.32. The second-order valence-electron chi connectivity index (χ2n) is 13.7. The van der Waals surface area contributed by atoms with Crippen LogP contribution in [0.1, 0.15) is 100 Å². The van der Waals surface area contributed by atoms with Crippen LogP contribution in [0.15, 0.2) is 30.3 Å². The van der Waals surface area contributed by atoms with Crippen molar-refractivity contribution in [3.05, 3.63) is 52.6 Å². The largest absolute Gasteiger partial charge is 0.493 e. The summed E-state index contributed by atoms with van der Waals surface area (Å²) in [5.41, 5.74) is -6.70. The van der Waals surface area contributed by atoms with Gasteiger partial charge >= 0.3 is 18.4 Å². The van der Waals surface area contributed by atoms with Gasteiger partial charge in [-0.1, -0.05) is 58.4 Å². The predicted octanol–water partition coefficient (Wildman–Crippen LogP) is 8.25. The van der Waals surface area contributed by atoms with Crippen LogP contribution in [0.25, 0.3) is 0 Å². The van der Waals surface area contributed by atoms with Crippen molar-refractivity contribution in [2.45, 2.75) is 114 Å². The molecule has 5 rings (SSSR count). The summed E-state index contributed by atoms with van der Waals surface area (Å²) < 4.78 is 101. The third-order valence-electron chi connectivity index (χ3n) is 10.3. The van der Waals surface area contributed by atoms with Gasteiger partial charge in [-0.05, 0) is 85.4 Å². The van der Waals surface area contributed by atoms with E-state index in [2.05, 4.69) is 5.32 Å². The van der Waals surface area contributed by atoms with Crippen molar-refractivity contribution in [1.82, 2.24) is 10.2 Å². The molecule has 1 saturated heterocycles. The second-order valence-corrected chi connectivity index (χ2v) is 13.7. The molecule has 14 heteroatoms. The molecule has 8 nitrogen and oxygen atoms in total. The van der Waals surface area contributed by atoms with E-state index in [0.29, 0.717) is 56.0 Å². The number of ether oxygens (including phenoxy) is 3. The topological polar surface area (TPSA) is 97.3 Å². The molecule has 0 spiro atoms. The summed E-state index contributed by atoms with van der Waals surface area (Å²) in [6, 6.07) is 6.14. The Kier molecular flexibility index (Phi) is 11.7. The Labute approximate surface area is 293 Å². The van der Waals surface area contributed by atoms with E-state index in [0.717, 1.165) is 49.1 Å². The molecule has 2 aliphatic heterocycles. The number of nitrogens with zero attached hydrogens (tertiary/aromatic N) is 1. The van der Waals surface area contributed by atoms with Crippen LogP contribution in [0.3, 0.4) is 0 Å². The zero-order valence-corrected chi connectivity index (χ0v) is 29.0. The van der Waals surface area contributed by atoms with Crippen LogP contribution in [0.5, 0.6) is 17.2 Å². The lowest BCUT2D eigenvalue weighted by Crippen LogP contribution is -2.54. The van der Waals surface area contributed by atoms with Gasteiger partial charge in [0.05, 0.1) is 6.61 Å². The third kappa shape index (κ3) is 7.75. The van der Waals surface area contributed by atoms with Gasteiger partial charge in [0, 0.05) is 12.1 Å². The highest BCUT2D eigenvalue weighted by Gasteiger charge is 2.71. The smallest absolute Gasteiger partial charge is 0.430 e. The minimum atomic E-state index is -6.01. The van der Waals surface area contributed by atoms with Gasteiger partial charge in [-0.3, -0.25) is 9.69 Å². The van der Waals surface area contributed by atoms with Crippen LogP contribution >= 0.6 is 0 Å². The van der Waals surface area contributed by atoms with E-state index >= 15 is 0 Å². The van der Waals surface area contributed by atoms with Gasteiger partial charge in [0.2, 0.25) is 0 Å². The number of alkyl halides is 6. The zero-order chi connectivity index (χ0) is 37.0. The monoisotopic (exact) mass is 728 g/mol. The Morgan fingerprint density at radius 1 is 0.902 bits per heavy atom. The molecule has 2 aromatic carbocycles. The first kappa shape index (κ1) is 38.5. The number of nitrogens with one attached hydrogen (secondary N) is 1. The number of rotatable bonds is 14. The molecule has 1 saturated carbocycles. The Morgan fingerprint density at radius 3 is 2.18 bits per heavy atom. The summed E-state index contributed by atoms with van der Waals surface area (Å²) in [6.07, 6.45) is -4.76. The highest BCUT2D eigenvalue weighted by atomic mass is 19.4. The van der Waals surface area contributed by atoms with Gasteiger partial charge in [0.1, 0.15) is 24.5 Å². The number of halogens is 6. The number of urea groups is 1. The van der Waals surface area contributed by atoms with E-state index in [9.17, 15) is 41.0 Å². The predicted molar refractivity (Wildman–Crippen MR) is 176 cm³/mol. The summed E-state index contributed by atoms with van der Waals surface area (Å²) in [7, 11) is 0. The average molecular weight is 729 g/mol. The number of imide groups is 1. The first-order valence-corrected chi connectivity index (χ1v) is 17.8. The lowest BCUT2D eigenvalue weighted by molar-refractivity contribution is -0.376. The SMILES string of the molecule is CCCc1cc(C(O)(C(F)(F)F)C(F)(F)F)cc(CCC2CCCCC2)c1OCCCCN1C(=O)NC(CC)(c2ccc3c(c2)OCCO3)C1=O. The number of aliphatic hydroxyl groups is 1. The molecule has 0 radical (unpaired) electrons. The van der Waals surface area contributed by atoms with Gasteiger partial charge in [-0.2, -0.15) is 26.3 Å². The van der Waals surface area contributed by atoms with Gasteiger partial charge in [-0.15, -0.1) is 0 Å². The molecule has 2 aromatic rings. The van der Waals surface area contributed by atoms with Crippen LogP contribution in [0.2, 0.25) is 0 Å². The summed E-state index contributed by atoms with van der Waals surface area (Å²) in [6.45, 7) is 4.42. The number of hydrogen-bond acceptors (Lipinski definition) is 6. The highest BCUT2D eigenvalue weighted by molar-refractivity contribution is 6.07. The number of amides is 3. The number of hydrogen-bond donors (Lipinski definition) is 2. The van der Waals surface area contributed by atoms with E-state index in [1.165, 1.54) is 0 Å². The lowest BCUT2D eigenvalue weighted by atomic mass is 9.83. The van der Waals surface area contributed by atoms with E-state index in [1.54, 1.807) is 32.0 Å². The lowest BCUT2D eigenvalue weighted by Gasteiger charge is -2.34. The van der Waals surface area contributed by atoms with E-state index in [-0.39, 0.29) is 55.2 Å². The molecule has 2 heterocycles. The molecule has 1 unspecified atom stereocenters. The fourth-order valence-electron chi connectivity index (χ4n) is 7.44. The first-order valence-electron chi connectivity index (χ1n) is 17.8. The van der Waals surface area contributed by atoms with Crippen molar-refractivity contribution in [3.8, 4) is 17.2 Å². The van der Waals surface area contributed by atoms with Crippen LogP contribution in [-0.2, 0) is 28.8 Å². The highest BCUT2D eigenvalue weighted by Crippen LogP contribution is 2.51. The molecule has 2 N–H and O–H groups in total.